The molecule has 9 nitrogen and oxygen atoms in total. The second kappa shape index (κ2) is 10.3. The van der Waals surface area contributed by atoms with Crippen molar-refractivity contribution in [1.29, 1.82) is 0 Å². The number of halogens is 1. The van der Waals surface area contributed by atoms with E-state index in [0.717, 1.165) is 46.0 Å². The first-order valence-electron chi connectivity index (χ1n) is 11.6. The largest absolute Gasteiger partial charge is 0.326 e. The lowest BCUT2D eigenvalue weighted by molar-refractivity contribution is -0.125. The molecule has 2 amide bonds. The SMILES string of the molecule is CCCN1C(=O)CN=C1Nc1ccc2cc3ccc(NC4=NCC(=O)N4CCC)cc3nc2c1.Cl. The number of benzene rings is 2. The van der Waals surface area contributed by atoms with Crippen LogP contribution in [-0.4, -0.2) is 64.7 Å². The molecule has 0 spiro atoms. The molecule has 0 saturated heterocycles. The molecule has 0 unspecified atom stereocenters. The number of pyridine rings is 1. The third kappa shape index (κ3) is 4.90. The van der Waals surface area contributed by atoms with Crippen molar-refractivity contribution in [1.82, 2.24) is 14.8 Å². The summed E-state index contributed by atoms with van der Waals surface area (Å²) >= 11 is 0. The molecule has 2 aliphatic heterocycles. The molecule has 2 N–H and O–H groups in total. The third-order valence-corrected chi connectivity index (χ3v) is 5.86. The summed E-state index contributed by atoms with van der Waals surface area (Å²) in [5, 5.41) is 8.60. The van der Waals surface area contributed by atoms with Gasteiger partial charge in [0.2, 0.25) is 11.9 Å². The average Bonchev–Trinajstić information content (AvgIpc) is 3.35. The molecule has 0 fully saturated rings. The summed E-state index contributed by atoms with van der Waals surface area (Å²) in [5.74, 6) is 1.20. The van der Waals surface area contributed by atoms with Crippen LogP contribution in [0, 0.1) is 0 Å². The highest BCUT2D eigenvalue weighted by Crippen LogP contribution is 2.25. The molecule has 0 atom stereocenters. The van der Waals surface area contributed by atoms with Crippen LogP contribution in [0.4, 0.5) is 11.4 Å². The van der Waals surface area contributed by atoms with Gasteiger partial charge in [0.25, 0.3) is 11.8 Å². The minimum Gasteiger partial charge on any atom is -0.326 e. The van der Waals surface area contributed by atoms with Gasteiger partial charge < -0.3 is 10.6 Å². The smallest absolute Gasteiger partial charge is 0.251 e. The first kappa shape index (κ1) is 24.4. The number of guanidine groups is 2. The van der Waals surface area contributed by atoms with E-state index in [1.165, 1.54) is 0 Å². The van der Waals surface area contributed by atoms with E-state index in [0.29, 0.717) is 25.0 Å². The number of rotatable bonds is 6. The average molecular weight is 494 g/mol. The standard InChI is InChI=1S/C25H27N7O2.ClH/c1-3-9-31-22(33)14-26-24(31)28-18-7-5-16-11-17-6-8-19(13-21(17)30-20(16)12-18)29-25-27-15-23(34)32(25)10-4-2;/h5-8,11-13H,3-4,9-10,14-15H2,1-2H3,(H,26,28)(H,27,29);1H. The van der Waals surface area contributed by atoms with Gasteiger partial charge in [-0.15, -0.1) is 12.4 Å². The summed E-state index contributed by atoms with van der Waals surface area (Å²) in [6.45, 7) is 5.72. The molecule has 2 aromatic carbocycles. The van der Waals surface area contributed by atoms with E-state index >= 15 is 0 Å². The van der Waals surface area contributed by atoms with Crippen molar-refractivity contribution in [3.63, 3.8) is 0 Å². The van der Waals surface area contributed by atoms with Crippen molar-refractivity contribution in [3.8, 4) is 0 Å². The van der Waals surface area contributed by atoms with Crippen LogP contribution >= 0.6 is 12.4 Å². The maximum Gasteiger partial charge on any atom is 0.251 e. The zero-order chi connectivity index (χ0) is 23.7. The van der Waals surface area contributed by atoms with Crippen LogP contribution in [0.5, 0.6) is 0 Å². The number of carbonyl (C=O) groups excluding carboxylic acids is 2. The number of aliphatic imine (C=N–C) groups is 2. The lowest BCUT2D eigenvalue weighted by Crippen LogP contribution is -2.37. The van der Waals surface area contributed by atoms with Crippen LogP contribution in [0.15, 0.2) is 52.4 Å². The topological polar surface area (TPSA) is 102 Å². The fourth-order valence-electron chi connectivity index (χ4n) is 4.22. The van der Waals surface area contributed by atoms with Gasteiger partial charge in [0.1, 0.15) is 13.1 Å². The highest BCUT2D eigenvalue weighted by molar-refractivity contribution is 6.10. The summed E-state index contributed by atoms with van der Waals surface area (Å²) in [6.07, 6.45) is 1.73. The summed E-state index contributed by atoms with van der Waals surface area (Å²) < 4.78 is 0. The number of carbonyl (C=O) groups is 2. The number of aromatic nitrogens is 1. The minimum atomic E-state index is 0. The Morgan fingerprint density at radius 3 is 1.63 bits per heavy atom. The van der Waals surface area contributed by atoms with E-state index in [1.807, 2.05) is 50.2 Å². The van der Waals surface area contributed by atoms with Gasteiger partial charge in [0.05, 0.1) is 11.0 Å². The van der Waals surface area contributed by atoms with E-state index in [-0.39, 0.29) is 37.3 Å². The Bertz CT molecular complexity index is 1260. The Morgan fingerprint density at radius 1 is 0.743 bits per heavy atom. The number of hydrogen-bond donors (Lipinski definition) is 2. The van der Waals surface area contributed by atoms with Crippen molar-refractivity contribution in [2.45, 2.75) is 26.7 Å². The Hall–Kier alpha value is -3.72. The molecule has 0 aliphatic carbocycles. The maximum absolute atomic E-state index is 12.1. The van der Waals surface area contributed by atoms with Gasteiger partial charge in [0.15, 0.2) is 0 Å². The lowest BCUT2D eigenvalue weighted by atomic mass is 10.1. The van der Waals surface area contributed by atoms with E-state index < -0.39 is 0 Å². The minimum absolute atomic E-state index is 0. The molecule has 2 aliphatic rings. The number of nitrogens with zero attached hydrogens (tertiary/aromatic N) is 5. The van der Waals surface area contributed by atoms with Gasteiger partial charge >= 0.3 is 0 Å². The molecule has 35 heavy (non-hydrogen) atoms. The molecule has 0 bridgehead atoms. The molecule has 0 radical (unpaired) electrons. The van der Waals surface area contributed by atoms with Crippen molar-refractivity contribution in [2.24, 2.45) is 9.98 Å². The van der Waals surface area contributed by atoms with Crippen LogP contribution in [0.25, 0.3) is 21.8 Å². The van der Waals surface area contributed by atoms with E-state index in [4.69, 9.17) is 4.98 Å². The van der Waals surface area contributed by atoms with Gasteiger partial charge in [-0.05, 0) is 43.2 Å². The van der Waals surface area contributed by atoms with Crippen LogP contribution in [0.3, 0.4) is 0 Å². The number of anilines is 2. The summed E-state index contributed by atoms with van der Waals surface area (Å²) in [7, 11) is 0. The lowest BCUT2D eigenvalue weighted by Gasteiger charge is -2.19. The molecule has 10 heteroatoms. The summed E-state index contributed by atoms with van der Waals surface area (Å²) in [4.78, 5) is 41.1. The van der Waals surface area contributed by atoms with Gasteiger partial charge in [-0.25, -0.2) is 15.0 Å². The molecule has 182 valence electrons. The number of fused-ring (bicyclic) bond motifs is 2. The number of amides is 2. The molecule has 1 aromatic heterocycles. The number of hydrogen-bond acceptors (Lipinski definition) is 7. The Labute approximate surface area is 209 Å². The van der Waals surface area contributed by atoms with Crippen LogP contribution in [0.2, 0.25) is 0 Å². The van der Waals surface area contributed by atoms with Gasteiger partial charge in [-0.3, -0.25) is 19.4 Å². The van der Waals surface area contributed by atoms with Crippen molar-refractivity contribution >= 4 is 69.3 Å². The normalized spacial score (nSPS) is 15.5. The predicted molar refractivity (Wildman–Crippen MR) is 142 cm³/mol. The summed E-state index contributed by atoms with van der Waals surface area (Å²) in [6, 6.07) is 14.0. The second-order valence-corrected chi connectivity index (χ2v) is 8.42. The predicted octanol–water partition coefficient (Wildman–Crippen LogP) is 3.85. The van der Waals surface area contributed by atoms with Crippen molar-refractivity contribution in [2.75, 3.05) is 36.8 Å². The van der Waals surface area contributed by atoms with Crippen LogP contribution in [-0.2, 0) is 9.59 Å². The van der Waals surface area contributed by atoms with Gasteiger partial charge in [-0.2, -0.15) is 0 Å². The summed E-state index contributed by atoms with van der Waals surface area (Å²) in [5.41, 5.74) is 3.33. The van der Waals surface area contributed by atoms with Crippen molar-refractivity contribution < 1.29 is 9.59 Å². The second-order valence-electron chi connectivity index (χ2n) is 8.42. The molecule has 0 saturated carbocycles. The fourth-order valence-corrected chi connectivity index (χ4v) is 4.22. The zero-order valence-electron chi connectivity index (χ0n) is 19.7. The number of nitrogens with one attached hydrogen (secondary N) is 2. The Balaban J connectivity index is 0.00000289. The monoisotopic (exact) mass is 493 g/mol. The molecular formula is C25H28ClN7O2. The molecule has 3 aromatic rings. The molecule has 5 rings (SSSR count). The van der Waals surface area contributed by atoms with Crippen molar-refractivity contribution in [3.05, 3.63) is 42.5 Å². The van der Waals surface area contributed by atoms with Crippen LogP contribution in [0.1, 0.15) is 26.7 Å². The zero-order valence-corrected chi connectivity index (χ0v) is 20.6. The fraction of sp³-hybridized carbons (Fsp3) is 0.320. The first-order valence-corrected chi connectivity index (χ1v) is 11.6. The molecular weight excluding hydrogens is 466 g/mol. The quantitative estimate of drug-likeness (QED) is 0.508. The maximum atomic E-state index is 12.1. The molecule has 3 heterocycles. The van der Waals surface area contributed by atoms with E-state index in [2.05, 4.69) is 26.7 Å². The van der Waals surface area contributed by atoms with Crippen LogP contribution < -0.4 is 10.6 Å². The Morgan fingerprint density at radius 2 is 1.20 bits per heavy atom. The van der Waals surface area contributed by atoms with Gasteiger partial charge in [0, 0.05) is 35.2 Å². The van der Waals surface area contributed by atoms with E-state index in [9.17, 15) is 9.59 Å². The van der Waals surface area contributed by atoms with Gasteiger partial charge in [-0.1, -0.05) is 26.0 Å². The highest BCUT2D eigenvalue weighted by Gasteiger charge is 2.25. The Kier molecular flexibility index (Phi) is 7.16. The first-order chi connectivity index (χ1) is 16.6. The highest BCUT2D eigenvalue weighted by atomic mass is 35.5. The third-order valence-electron chi connectivity index (χ3n) is 5.86. The van der Waals surface area contributed by atoms with E-state index in [1.54, 1.807) is 9.80 Å².